The first kappa shape index (κ1) is 13.6. The van der Waals surface area contributed by atoms with Gasteiger partial charge in [0.15, 0.2) is 0 Å². The molecule has 0 aliphatic heterocycles. The number of hydrogen-bond donors (Lipinski definition) is 2. The summed E-state index contributed by atoms with van der Waals surface area (Å²) in [5.41, 5.74) is 2.00. The predicted octanol–water partition coefficient (Wildman–Crippen LogP) is 0.776. The summed E-state index contributed by atoms with van der Waals surface area (Å²) in [6.07, 6.45) is 2.86. The van der Waals surface area contributed by atoms with Crippen molar-refractivity contribution in [2.24, 2.45) is 0 Å². The minimum Gasteiger partial charge on any atom is -0.384 e. The number of carbonyl (C=O) groups is 1. The van der Waals surface area contributed by atoms with Crippen LogP contribution in [0.15, 0.2) is 30.6 Å². The summed E-state index contributed by atoms with van der Waals surface area (Å²) in [6.45, 7) is 1.64. The van der Waals surface area contributed by atoms with Crippen LogP contribution in [0.5, 0.6) is 0 Å². The lowest BCUT2D eigenvalue weighted by atomic mass is 10.1. The van der Waals surface area contributed by atoms with E-state index in [9.17, 15) is 4.79 Å². The molecule has 0 radical (unpaired) electrons. The van der Waals surface area contributed by atoms with Gasteiger partial charge in [0.1, 0.15) is 6.61 Å². The highest BCUT2D eigenvalue weighted by Crippen LogP contribution is 2.10. The van der Waals surface area contributed by atoms with Crippen molar-refractivity contribution in [2.75, 3.05) is 11.9 Å². The lowest BCUT2D eigenvalue weighted by Crippen LogP contribution is -2.14. The van der Waals surface area contributed by atoms with E-state index >= 15 is 0 Å². The number of anilines is 1. The molecular weight excluding hydrogens is 256 g/mol. The van der Waals surface area contributed by atoms with Crippen molar-refractivity contribution < 1.29 is 9.90 Å². The molecule has 1 heterocycles. The molecule has 0 saturated carbocycles. The number of benzene rings is 1. The standard InChI is InChI=1S/C14H12N4O2/c1-10-7-11(3-2-6-19)9-12(8-10)13(20)17-14-15-4-5-16-18-14/h4-5,7-9,19H,6H2,1H3,(H,15,17,18,20). The average molecular weight is 268 g/mol. The van der Waals surface area contributed by atoms with Gasteiger partial charge in [0.25, 0.3) is 5.91 Å². The molecule has 0 saturated heterocycles. The topological polar surface area (TPSA) is 88.0 Å². The van der Waals surface area contributed by atoms with E-state index in [1.807, 2.05) is 13.0 Å². The van der Waals surface area contributed by atoms with Gasteiger partial charge in [0.05, 0.1) is 12.4 Å². The quantitative estimate of drug-likeness (QED) is 0.786. The number of nitrogens with zero attached hydrogens (tertiary/aromatic N) is 3. The van der Waals surface area contributed by atoms with E-state index in [-0.39, 0.29) is 18.5 Å². The van der Waals surface area contributed by atoms with Gasteiger partial charge < -0.3 is 5.11 Å². The Hall–Kier alpha value is -2.78. The van der Waals surface area contributed by atoms with Gasteiger partial charge in [-0.15, -0.1) is 5.10 Å². The van der Waals surface area contributed by atoms with Gasteiger partial charge in [-0.05, 0) is 30.7 Å². The molecule has 1 aromatic carbocycles. The number of aliphatic hydroxyl groups is 1. The molecule has 2 rings (SSSR count). The summed E-state index contributed by atoms with van der Waals surface area (Å²) in [4.78, 5) is 15.9. The molecule has 1 aromatic heterocycles. The Kier molecular flexibility index (Phi) is 4.37. The molecule has 2 N–H and O–H groups in total. The van der Waals surface area contributed by atoms with Crippen molar-refractivity contribution in [1.82, 2.24) is 15.2 Å². The summed E-state index contributed by atoms with van der Waals surface area (Å²) in [5.74, 6) is 5.12. The zero-order valence-electron chi connectivity index (χ0n) is 10.8. The molecule has 2 aromatic rings. The second-order valence-electron chi connectivity index (χ2n) is 3.97. The zero-order chi connectivity index (χ0) is 14.4. The molecule has 0 bridgehead atoms. The van der Waals surface area contributed by atoms with Crippen LogP contribution in [-0.4, -0.2) is 32.8 Å². The third kappa shape index (κ3) is 3.60. The molecule has 100 valence electrons. The SMILES string of the molecule is Cc1cc(C#CCO)cc(C(=O)Nc2nccnn2)c1. The van der Waals surface area contributed by atoms with Crippen molar-refractivity contribution in [1.29, 1.82) is 0 Å². The second kappa shape index (κ2) is 6.41. The minimum absolute atomic E-state index is 0.141. The maximum Gasteiger partial charge on any atom is 0.258 e. The molecule has 0 unspecified atom stereocenters. The first-order chi connectivity index (χ1) is 9.69. The van der Waals surface area contributed by atoms with Crippen molar-refractivity contribution in [3.63, 3.8) is 0 Å². The van der Waals surface area contributed by atoms with Crippen LogP contribution in [0.2, 0.25) is 0 Å². The van der Waals surface area contributed by atoms with Crippen molar-refractivity contribution >= 4 is 11.9 Å². The number of aliphatic hydroxyl groups excluding tert-OH is 1. The monoisotopic (exact) mass is 268 g/mol. The molecule has 0 aliphatic carbocycles. The molecule has 0 fully saturated rings. The van der Waals surface area contributed by atoms with Gasteiger partial charge in [0.2, 0.25) is 5.95 Å². The number of aromatic nitrogens is 3. The lowest BCUT2D eigenvalue weighted by Gasteiger charge is -2.04. The maximum absolute atomic E-state index is 12.1. The normalized spacial score (nSPS) is 9.50. The van der Waals surface area contributed by atoms with E-state index in [4.69, 9.17) is 5.11 Å². The fourth-order valence-electron chi connectivity index (χ4n) is 1.61. The van der Waals surface area contributed by atoms with Crippen LogP contribution in [0.3, 0.4) is 0 Å². The fourth-order valence-corrected chi connectivity index (χ4v) is 1.61. The lowest BCUT2D eigenvalue weighted by molar-refractivity contribution is 0.102. The Morgan fingerprint density at radius 1 is 1.35 bits per heavy atom. The number of aryl methyl sites for hydroxylation is 1. The van der Waals surface area contributed by atoms with Crippen LogP contribution in [0.25, 0.3) is 0 Å². The van der Waals surface area contributed by atoms with Crippen molar-refractivity contribution in [3.8, 4) is 11.8 Å². The van der Waals surface area contributed by atoms with Crippen molar-refractivity contribution in [3.05, 3.63) is 47.3 Å². The van der Waals surface area contributed by atoms with Crippen LogP contribution in [0.1, 0.15) is 21.5 Å². The highest BCUT2D eigenvalue weighted by atomic mass is 16.2. The van der Waals surface area contributed by atoms with Crippen LogP contribution in [0, 0.1) is 18.8 Å². The summed E-state index contributed by atoms with van der Waals surface area (Å²) in [7, 11) is 0. The Morgan fingerprint density at radius 3 is 2.90 bits per heavy atom. The average Bonchev–Trinajstić information content (AvgIpc) is 2.45. The van der Waals surface area contributed by atoms with E-state index in [1.54, 1.807) is 12.1 Å². The first-order valence-corrected chi connectivity index (χ1v) is 5.85. The van der Waals surface area contributed by atoms with Crippen LogP contribution in [-0.2, 0) is 0 Å². The number of nitrogens with one attached hydrogen (secondary N) is 1. The van der Waals surface area contributed by atoms with E-state index in [0.717, 1.165) is 5.56 Å². The summed E-state index contributed by atoms with van der Waals surface area (Å²) in [6, 6.07) is 5.21. The highest BCUT2D eigenvalue weighted by molar-refractivity contribution is 6.03. The Bertz CT molecular complexity index is 675. The first-order valence-electron chi connectivity index (χ1n) is 5.85. The summed E-state index contributed by atoms with van der Waals surface area (Å²) in [5, 5.41) is 18.6. The molecule has 6 heteroatoms. The molecule has 0 atom stereocenters. The van der Waals surface area contributed by atoms with E-state index in [2.05, 4.69) is 32.3 Å². The highest BCUT2D eigenvalue weighted by Gasteiger charge is 2.09. The molecule has 1 amide bonds. The van der Waals surface area contributed by atoms with Gasteiger partial charge >= 0.3 is 0 Å². The van der Waals surface area contributed by atoms with E-state index < -0.39 is 0 Å². The summed E-state index contributed by atoms with van der Waals surface area (Å²) >= 11 is 0. The maximum atomic E-state index is 12.1. The number of rotatable bonds is 2. The van der Waals surface area contributed by atoms with Gasteiger partial charge in [0, 0.05) is 11.1 Å². The van der Waals surface area contributed by atoms with Gasteiger partial charge in [-0.3, -0.25) is 10.1 Å². The number of amides is 1. The Balaban J connectivity index is 2.23. The van der Waals surface area contributed by atoms with Crippen LogP contribution >= 0.6 is 0 Å². The van der Waals surface area contributed by atoms with Gasteiger partial charge in [-0.25, -0.2) is 4.98 Å². The van der Waals surface area contributed by atoms with Crippen LogP contribution < -0.4 is 5.32 Å². The van der Waals surface area contributed by atoms with Gasteiger partial charge in [-0.2, -0.15) is 5.10 Å². The molecule has 0 spiro atoms. The largest absolute Gasteiger partial charge is 0.384 e. The van der Waals surface area contributed by atoms with E-state index in [1.165, 1.54) is 12.4 Å². The molecule has 0 aliphatic rings. The van der Waals surface area contributed by atoms with E-state index in [0.29, 0.717) is 11.1 Å². The number of hydrogen-bond acceptors (Lipinski definition) is 5. The summed E-state index contributed by atoms with van der Waals surface area (Å²) < 4.78 is 0. The smallest absolute Gasteiger partial charge is 0.258 e. The Morgan fingerprint density at radius 2 is 2.20 bits per heavy atom. The fraction of sp³-hybridized carbons (Fsp3) is 0.143. The Labute approximate surface area is 115 Å². The minimum atomic E-state index is -0.339. The third-order valence-corrected chi connectivity index (χ3v) is 2.36. The second-order valence-corrected chi connectivity index (χ2v) is 3.97. The number of carbonyl (C=O) groups excluding carboxylic acids is 1. The third-order valence-electron chi connectivity index (χ3n) is 2.36. The zero-order valence-corrected chi connectivity index (χ0v) is 10.8. The van der Waals surface area contributed by atoms with Gasteiger partial charge in [-0.1, -0.05) is 11.8 Å². The molecule has 20 heavy (non-hydrogen) atoms. The van der Waals surface area contributed by atoms with Crippen LogP contribution in [0.4, 0.5) is 5.95 Å². The molecule has 6 nitrogen and oxygen atoms in total. The predicted molar refractivity (Wildman–Crippen MR) is 72.9 cm³/mol. The van der Waals surface area contributed by atoms with Crippen molar-refractivity contribution in [2.45, 2.75) is 6.92 Å². The molecular formula is C14H12N4O2.